The number of nitrogens with one attached hydrogen (secondary N) is 1. The Labute approximate surface area is 157 Å². The lowest BCUT2D eigenvalue weighted by atomic mass is 10.2. The van der Waals surface area contributed by atoms with Crippen LogP contribution in [0.5, 0.6) is 17.2 Å². The summed E-state index contributed by atoms with van der Waals surface area (Å²) in [6.45, 7) is 0. The molecule has 0 aliphatic carbocycles. The lowest BCUT2D eigenvalue weighted by molar-refractivity contribution is 0.102. The largest absolute Gasteiger partial charge is 0.495 e. The highest BCUT2D eigenvalue weighted by Crippen LogP contribution is 2.26. The molecule has 1 amide bonds. The van der Waals surface area contributed by atoms with Crippen molar-refractivity contribution in [3.05, 3.63) is 66.8 Å². The van der Waals surface area contributed by atoms with Crippen molar-refractivity contribution in [1.82, 2.24) is 24.6 Å². The van der Waals surface area contributed by atoms with E-state index in [0.29, 0.717) is 22.9 Å². The van der Waals surface area contributed by atoms with Crippen molar-refractivity contribution in [2.45, 2.75) is 0 Å². The highest BCUT2D eigenvalue weighted by molar-refractivity contribution is 6.08. The number of rotatable bonds is 5. The first-order chi connectivity index (χ1) is 13.6. The predicted octanol–water partition coefficient (Wildman–Crippen LogP) is 2.71. The van der Waals surface area contributed by atoms with E-state index in [-0.39, 0.29) is 11.4 Å². The maximum atomic E-state index is 13.3. The molecule has 4 aromatic rings. The number of ether oxygens (including phenoxy) is 2. The first-order valence-electron chi connectivity index (χ1n) is 8.06. The van der Waals surface area contributed by atoms with Crippen LogP contribution in [0.1, 0.15) is 10.4 Å². The molecule has 0 radical (unpaired) electrons. The number of nitrogens with zero attached hydrogens (tertiary/aromatic N) is 5. The van der Waals surface area contributed by atoms with Crippen LogP contribution in [-0.4, -0.2) is 37.6 Å². The third-order valence-corrected chi connectivity index (χ3v) is 3.73. The Balaban J connectivity index is 1.67. The van der Waals surface area contributed by atoms with Gasteiger partial charge in [0.1, 0.15) is 29.4 Å². The zero-order chi connectivity index (χ0) is 19.5. The van der Waals surface area contributed by atoms with Gasteiger partial charge >= 0.3 is 0 Å². The smallest absolute Gasteiger partial charge is 0.260 e. The Morgan fingerprint density at radius 3 is 2.86 bits per heavy atom. The van der Waals surface area contributed by atoms with Gasteiger partial charge in [-0.05, 0) is 18.2 Å². The topological polar surface area (TPSA) is 104 Å². The number of methoxy groups -OCH3 is 1. The van der Waals surface area contributed by atoms with Crippen LogP contribution in [0.15, 0.2) is 55.2 Å². The number of hydrogen-bond donors (Lipinski definition) is 1. The molecular weight excluding hydrogens is 367 g/mol. The number of aromatic nitrogens is 5. The second-order valence-electron chi connectivity index (χ2n) is 5.61. The second kappa shape index (κ2) is 7.27. The molecule has 0 saturated heterocycles. The van der Waals surface area contributed by atoms with Crippen LogP contribution in [0.25, 0.3) is 5.65 Å². The number of amides is 1. The summed E-state index contributed by atoms with van der Waals surface area (Å²) < 4.78 is 25.7. The summed E-state index contributed by atoms with van der Waals surface area (Å²) in [4.78, 5) is 20.3. The highest BCUT2D eigenvalue weighted by Gasteiger charge is 2.16. The molecule has 4 heterocycles. The van der Waals surface area contributed by atoms with Crippen molar-refractivity contribution in [2.75, 3.05) is 12.4 Å². The SMILES string of the molecule is COc1cncc(Oc2cc(C(=O)Nc3cccc(F)n3)c3nncn3c2)c1. The Kier molecular flexibility index (Phi) is 4.50. The molecule has 1 N–H and O–H groups in total. The molecule has 0 aliphatic rings. The average molecular weight is 380 g/mol. The van der Waals surface area contributed by atoms with E-state index in [0.717, 1.165) is 0 Å². The molecule has 10 heteroatoms. The summed E-state index contributed by atoms with van der Waals surface area (Å²) in [6, 6.07) is 7.26. The predicted molar refractivity (Wildman–Crippen MR) is 96.0 cm³/mol. The van der Waals surface area contributed by atoms with E-state index >= 15 is 0 Å². The molecule has 0 aliphatic heterocycles. The minimum absolute atomic E-state index is 0.0750. The van der Waals surface area contributed by atoms with Gasteiger partial charge in [0.25, 0.3) is 5.91 Å². The summed E-state index contributed by atoms with van der Waals surface area (Å²) in [6.07, 6.45) is 6.10. The minimum Gasteiger partial charge on any atom is -0.495 e. The average Bonchev–Trinajstić information content (AvgIpc) is 3.16. The van der Waals surface area contributed by atoms with Gasteiger partial charge < -0.3 is 14.8 Å². The maximum absolute atomic E-state index is 13.3. The molecule has 0 spiro atoms. The molecule has 140 valence electrons. The molecular formula is C18H13FN6O3. The van der Waals surface area contributed by atoms with Gasteiger partial charge in [0.15, 0.2) is 5.65 Å². The number of anilines is 1. The Bertz CT molecular complexity index is 1160. The van der Waals surface area contributed by atoms with Crippen LogP contribution in [-0.2, 0) is 0 Å². The number of halogens is 1. The molecule has 4 aromatic heterocycles. The van der Waals surface area contributed by atoms with E-state index in [1.165, 1.54) is 48.3 Å². The molecule has 9 nitrogen and oxygen atoms in total. The van der Waals surface area contributed by atoms with Gasteiger partial charge in [0.2, 0.25) is 5.95 Å². The molecule has 0 fully saturated rings. The van der Waals surface area contributed by atoms with E-state index in [1.54, 1.807) is 18.5 Å². The second-order valence-corrected chi connectivity index (χ2v) is 5.61. The first kappa shape index (κ1) is 17.3. The molecule has 28 heavy (non-hydrogen) atoms. The number of carbonyl (C=O) groups excluding carboxylic acids is 1. The summed E-state index contributed by atoms with van der Waals surface area (Å²) >= 11 is 0. The van der Waals surface area contributed by atoms with Gasteiger partial charge in [-0.1, -0.05) is 6.07 Å². The molecule has 4 rings (SSSR count). The third-order valence-electron chi connectivity index (χ3n) is 3.73. The van der Waals surface area contributed by atoms with Crippen LogP contribution in [0.3, 0.4) is 0 Å². The van der Waals surface area contributed by atoms with Crippen LogP contribution in [0, 0.1) is 5.95 Å². The van der Waals surface area contributed by atoms with E-state index < -0.39 is 11.9 Å². The minimum atomic E-state index is -0.701. The fraction of sp³-hybridized carbons (Fsp3) is 0.0556. The fourth-order valence-corrected chi connectivity index (χ4v) is 2.50. The van der Waals surface area contributed by atoms with Crippen molar-refractivity contribution in [3.8, 4) is 17.2 Å². The summed E-state index contributed by atoms with van der Waals surface area (Å²) in [7, 11) is 1.52. The Morgan fingerprint density at radius 1 is 1.18 bits per heavy atom. The number of hydrogen-bond acceptors (Lipinski definition) is 7. The van der Waals surface area contributed by atoms with Gasteiger partial charge in [0.05, 0.1) is 31.3 Å². The Hall–Kier alpha value is -4.08. The van der Waals surface area contributed by atoms with E-state index in [1.807, 2.05) is 0 Å². The van der Waals surface area contributed by atoms with Gasteiger partial charge in [-0.25, -0.2) is 4.98 Å². The lowest BCUT2D eigenvalue weighted by Gasteiger charge is -2.10. The lowest BCUT2D eigenvalue weighted by Crippen LogP contribution is -2.15. The van der Waals surface area contributed by atoms with Gasteiger partial charge in [-0.3, -0.25) is 14.2 Å². The van der Waals surface area contributed by atoms with Crippen LogP contribution in [0.2, 0.25) is 0 Å². The van der Waals surface area contributed by atoms with Crippen molar-refractivity contribution >= 4 is 17.4 Å². The van der Waals surface area contributed by atoms with E-state index in [9.17, 15) is 9.18 Å². The maximum Gasteiger partial charge on any atom is 0.260 e. The van der Waals surface area contributed by atoms with Crippen molar-refractivity contribution in [3.63, 3.8) is 0 Å². The number of fused-ring (bicyclic) bond motifs is 1. The zero-order valence-electron chi connectivity index (χ0n) is 14.5. The van der Waals surface area contributed by atoms with Crippen LogP contribution in [0.4, 0.5) is 10.2 Å². The van der Waals surface area contributed by atoms with Gasteiger partial charge in [0, 0.05) is 6.07 Å². The van der Waals surface area contributed by atoms with Crippen molar-refractivity contribution in [1.29, 1.82) is 0 Å². The molecule has 0 unspecified atom stereocenters. The standard InChI is InChI=1S/C18H13FN6O3/c1-27-11-5-12(8-20-7-11)28-13-6-14(17-24-21-10-25(17)9-13)18(26)23-16-4-2-3-15(19)22-16/h2-10H,1H3,(H,22,23,26). The van der Waals surface area contributed by atoms with Crippen LogP contribution < -0.4 is 14.8 Å². The van der Waals surface area contributed by atoms with Gasteiger partial charge in [-0.2, -0.15) is 4.39 Å². The summed E-state index contributed by atoms with van der Waals surface area (Å²) in [5.74, 6) is 0.131. The monoisotopic (exact) mass is 380 g/mol. The normalized spacial score (nSPS) is 10.6. The number of carbonyl (C=O) groups is 1. The highest BCUT2D eigenvalue weighted by atomic mass is 19.1. The molecule has 0 saturated carbocycles. The van der Waals surface area contributed by atoms with E-state index in [4.69, 9.17) is 9.47 Å². The zero-order valence-corrected chi connectivity index (χ0v) is 14.5. The number of pyridine rings is 3. The fourth-order valence-electron chi connectivity index (χ4n) is 2.50. The van der Waals surface area contributed by atoms with E-state index in [2.05, 4.69) is 25.5 Å². The molecule has 0 bridgehead atoms. The Morgan fingerprint density at radius 2 is 2.04 bits per heavy atom. The summed E-state index contributed by atoms with van der Waals surface area (Å²) in [5, 5.41) is 10.3. The molecule has 0 aromatic carbocycles. The summed E-state index contributed by atoms with van der Waals surface area (Å²) in [5.41, 5.74) is 0.488. The van der Waals surface area contributed by atoms with Gasteiger partial charge in [-0.15, -0.1) is 10.2 Å². The van der Waals surface area contributed by atoms with Crippen molar-refractivity contribution < 1.29 is 18.7 Å². The quantitative estimate of drug-likeness (QED) is 0.531. The molecule has 0 atom stereocenters. The van der Waals surface area contributed by atoms with Crippen LogP contribution >= 0.6 is 0 Å². The first-order valence-corrected chi connectivity index (χ1v) is 8.06. The third kappa shape index (κ3) is 3.56. The van der Waals surface area contributed by atoms with Crippen molar-refractivity contribution in [2.24, 2.45) is 0 Å².